The molecule has 4 N–H and O–H groups in total. The number of aromatic nitrogens is 1. The highest BCUT2D eigenvalue weighted by molar-refractivity contribution is 5.87. The van der Waals surface area contributed by atoms with E-state index in [0.717, 1.165) is 10.9 Å². The van der Waals surface area contributed by atoms with Crippen molar-refractivity contribution in [2.24, 2.45) is 12.8 Å². The summed E-state index contributed by atoms with van der Waals surface area (Å²) in [6.07, 6.45) is -0.725. The molecule has 1 aromatic heterocycles. The molecule has 2 aromatic rings. The monoisotopic (exact) mass is 220 g/mol. The molecule has 4 heteroatoms. The molecule has 86 valence electrons. The smallest absolute Gasteiger partial charge is 0.124 e. The molecule has 0 amide bonds. The molecule has 0 saturated heterocycles. The third-order valence-electron chi connectivity index (χ3n) is 2.90. The summed E-state index contributed by atoms with van der Waals surface area (Å²) >= 11 is 0. The van der Waals surface area contributed by atoms with E-state index < -0.39 is 6.10 Å². The number of aryl methyl sites for hydroxylation is 1. The minimum Gasteiger partial charge on any atom is -0.507 e. The van der Waals surface area contributed by atoms with E-state index in [9.17, 15) is 10.2 Å². The minimum atomic E-state index is -0.725. The van der Waals surface area contributed by atoms with Crippen LogP contribution in [0.2, 0.25) is 0 Å². The predicted octanol–water partition coefficient (Wildman–Crippen LogP) is 1.26. The molecular weight excluding hydrogens is 204 g/mol. The Morgan fingerprint density at radius 1 is 1.38 bits per heavy atom. The molecule has 16 heavy (non-hydrogen) atoms. The van der Waals surface area contributed by atoms with Crippen LogP contribution in [0, 0.1) is 0 Å². The van der Waals surface area contributed by atoms with Crippen LogP contribution in [0.1, 0.15) is 18.7 Å². The van der Waals surface area contributed by atoms with Crippen LogP contribution in [-0.4, -0.2) is 20.8 Å². The summed E-state index contributed by atoms with van der Waals surface area (Å²) in [4.78, 5) is 0. The van der Waals surface area contributed by atoms with Gasteiger partial charge in [-0.2, -0.15) is 0 Å². The number of phenolic OH excluding ortho intramolecular Hbond substituents is 1. The Morgan fingerprint density at radius 2 is 2.06 bits per heavy atom. The number of rotatable bonds is 2. The van der Waals surface area contributed by atoms with Crippen LogP contribution in [0.25, 0.3) is 10.9 Å². The zero-order chi connectivity index (χ0) is 11.9. The van der Waals surface area contributed by atoms with Crippen molar-refractivity contribution in [1.29, 1.82) is 0 Å². The van der Waals surface area contributed by atoms with Crippen LogP contribution >= 0.6 is 0 Å². The maximum absolute atomic E-state index is 9.94. The molecule has 2 unspecified atom stereocenters. The minimum absolute atomic E-state index is 0.219. The summed E-state index contributed by atoms with van der Waals surface area (Å²) in [5, 5.41) is 20.4. The first kappa shape index (κ1) is 11.0. The van der Waals surface area contributed by atoms with Gasteiger partial charge in [0.2, 0.25) is 0 Å². The fourth-order valence-electron chi connectivity index (χ4n) is 1.92. The second-order valence-electron chi connectivity index (χ2n) is 4.14. The zero-order valence-corrected chi connectivity index (χ0v) is 9.38. The predicted molar refractivity (Wildman–Crippen MR) is 63.2 cm³/mol. The lowest BCUT2D eigenvalue weighted by Crippen LogP contribution is -2.25. The third kappa shape index (κ3) is 1.56. The maximum Gasteiger partial charge on any atom is 0.124 e. The molecule has 4 nitrogen and oxygen atoms in total. The van der Waals surface area contributed by atoms with E-state index in [1.165, 1.54) is 0 Å². The standard InChI is InChI=1S/C12H16N2O2/c1-7(13)12(16)10-6-8-9(14(10)2)4-3-5-11(8)15/h3-7,12,15-16H,13H2,1-2H3. The number of aliphatic hydroxyl groups excluding tert-OH is 1. The molecule has 0 radical (unpaired) electrons. The molecule has 2 rings (SSSR count). The van der Waals surface area contributed by atoms with Gasteiger partial charge in [-0.15, -0.1) is 0 Å². The van der Waals surface area contributed by atoms with Gasteiger partial charge in [0.1, 0.15) is 11.9 Å². The van der Waals surface area contributed by atoms with Crippen molar-refractivity contribution in [1.82, 2.24) is 4.57 Å². The Morgan fingerprint density at radius 3 is 2.62 bits per heavy atom. The molecule has 0 bridgehead atoms. The lowest BCUT2D eigenvalue weighted by molar-refractivity contribution is 0.146. The first-order chi connectivity index (χ1) is 7.52. The SMILES string of the molecule is CC(N)C(O)c1cc2c(O)cccc2n1C. The first-order valence-electron chi connectivity index (χ1n) is 5.23. The van der Waals surface area contributed by atoms with Gasteiger partial charge in [-0.3, -0.25) is 0 Å². The quantitative estimate of drug-likeness (QED) is 0.713. The van der Waals surface area contributed by atoms with Gasteiger partial charge in [0.15, 0.2) is 0 Å². The van der Waals surface area contributed by atoms with Gasteiger partial charge in [0, 0.05) is 24.2 Å². The summed E-state index contributed by atoms with van der Waals surface area (Å²) in [7, 11) is 1.85. The Kier molecular flexibility index (Phi) is 2.61. The van der Waals surface area contributed by atoms with Crippen molar-refractivity contribution in [3.8, 4) is 5.75 Å². The van der Waals surface area contributed by atoms with Crippen LogP contribution < -0.4 is 5.73 Å². The lowest BCUT2D eigenvalue weighted by Gasteiger charge is -2.15. The Hall–Kier alpha value is -1.52. The summed E-state index contributed by atoms with van der Waals surface area (Å²) in [6.45, 7) is 1.75. The van der Waals surface area contributed by atoms with Gasteiger partial charge in [-0.25, -0.2) is 0 Å². The number of hydrogen-bond donors (Lipinski definition) is 3. The highest BCUT2D eigenvalue weighted by Crippen LogP contribution is 2.30. The molecule has 0 spiro atoms. The van der Waals surface area contributed by atoms with Crippen molar-refractivity contribution >= 4 is 10.9 Å². The van der Waals surface area contributed by atoms with Gasteiger partial charge in [-0.05, 0) is 25.1 Å². The van der Waals surface area contributed by atoms with Crippen molar-refractivity contribution in [2.75, 3.05) is 0 Å². The molecular formula is C12H16N2O2. The van der Waals surface area contributed by atoms with E-state index in [1.54, 1.807) is 25.1 Å². The van der Waals surface area contributed by atoms with Crippen LogP contribution in [0.4, 0.5) is 0 Å². The van der Waals surface area contributed by atoms with E-state index in [-0.39, 0.29) is 11.8 Å². The Labute approximate surface area is 93.9 Å². The molecule has 0 aliphatic heterocycles. The number of phenols is 1. The number of aliphatic hydroxyl groups is 1. The average Bonchev–Trinajstić information content (AvgIpc) is 2.57. The number of aromatic hydroxyl groups is 1. The largest absolute Gasteiger partial charge is 0.507 e. The first-order valence-corrected chi connectivity index (χ1v) is 5.23. The zero-order valence-electron chi connectivity index (χ0n) is 9.38. The number of hydrogen-bond acceptors (Lipinski definition) is 3. The van der Waals surface area contributed by atoms with Crippen LogP contribution in [0.15, 0.2) is 24.3 Å². The van der Waals surface area contributed by atoms with E-state index in [4.69, 9.17) is 5.73 Å². The van der Waals surface area contributed by atoms with E-state index in [2.05, 4.69) is 0 Å². The van der Waals surface area contributed by atoms with Gasteiger partial charge >= 0.3 is 0 Å². The summed E-state index contributed by atoms with van der Waals surface area (Å²) in [6, 6.07) is 6.74. The van der Waals surface area contributed by atoms with E-state index in [1.807, 2.05) is 17.7 Å². The lowest BCUT2D eigenvalue weighted by atomic mass is 10.1. The molecule has 1 heterocycles. The van der Waals surface area contributed by atoms with Crippen molar-refractivity contribution in [3.05, 3.63) is 30.0 Å². The van der Waals surface area contributed by atoms with Crippen molar-refractivity contribution in [2.45, 2.75) is 19.1 Å². The summed E-state index contributed by atoms with van der Waals surface area (Å²) < 4.78 is 1.85. The van der Waals surface area contributed by atoms with Gasteiger partial charge in [0.25, 0.3) is 0 Å². The van der Waals surface area contributed by atoms with Crippen LogP contribution in [-0.2, 0) is 7.05 Å². The topological polar surface area (TPSA) is 71.4 Å². The van der Waals surface area contributed by atoms with Crippen LogP contribution in [0.5, 0.6) is 5.75 Å². The highest BCUT2D eigenvalue weighted by Gasteiger charge is 2.18. The molecule has 1 aromatic carbocycles. The fourth-order valence-corrected chi connectivity index (χ4v) is 1.92. The highest BCUT2D eigenvalue weighted by atomic mass is 16.3. The molecule has 0 aliphatic rings. The third-order valence-corrected chi connectivity index (χ3v) is 2.90. The fraction of sp³-hybridized carbons (Fsp3) is 0.333. The van der Waals surface area contributed by atoms with Crippen molar-refractivity contribution in [3.63, 3.8) is 0 Å². The number of benzene rings is 1. The second kappa shape index (κ2) is 3.81. The maximum atomic E-state index is 9.94. The molecule has 0 aliphatic carbocycles. The van der Waals surface area contributed by atoms with Gasteiger partial charge in [-0.1, -0.05) is 6.07 Å². The number of nitrogens with two attached hydrogens (primary N) is 1. The number of fused-ring (bicyclic) bond motifs is 1. The van der Waals surface area contributed by atoms with Gasteiger partial charge in [0.05, 0.1) is 5.52 Å². The molecule has 2 atom stereocenters. The van der Waals surface area contributed by atoms with Crippen LogP contribution in [0.3, 0.4) is 0 Å². The normalized spacial score (nSPS) is 15.2. The van der Waals surface area contributed by atoms with Gasteiger partial charge < -0.3 is 20.5 Å². The summed E-state index contributed by atoms with van der Waals surface area (Å²) in [5.74, 6) is 0.219. The average molecular weight is 220 g/mol. The molecule has 0 fully saturated rings. The van der Waals surface area contributed by atoms with E-state index in [0.29, 0.717) is 5.69 Å². The van der Waals surface area contributed by atoms with Crippen molar-refractivity contribution < 1.29 is 10.2 Å². The number of nitrogens with zero attached hydrogens (tertiary/aromatic N) is 1. The second-order valence-corrected chi connectivity index (χ2v) is 4.14. The Bertz CT molecular complexity index is 517. The molecule has 0 saturated carbocycles. The summed E-state index contributed by atoms with van der Waals surface area (Å²) in [5.41, 5.74) is 7.27. The van der Waals surface area contributed by atoms with E-state index >= 15 is 0 Å². The Balaban J connectivity index is 2.65.